The van der Waals surface area contributed by atoms with Crippen LogP contribution in [0.25, 0.3) is 5.78 Å². The largest absolute Gasteiger partial charge is 0.304 e. The minimum absolute atomic E-state index is 0.0977. The molecule has 3 heterocycles. The highest BCUT2D eigenvalue weighted by Gasteiger charge is 2.22. The Morgan fingerprint density at radius 3 is 2.91 bits per heavy atom. The van der Waals surface area contributed by atoms with E-state index in [4.69, 9.17) is 0 Å². The summed E-state index contributed by atoms with van der Waals surface area (Å²) < 4.78 is 3.41. The summed E-state index contributed by atoms with van der Waals surface area (Å²) >= 11 is 0. The molecule has 1 aliphatic rings. The normalized spacial score (nSPS) is 15.3. The van der Waals surface area contributed by atoms with Crippen molar-refractivity contribution in [2.24, 2.45) is 0 Å². The number of hydrogen-bond acceptors (Lipinski definition) is 5. The number of nitrogens with one attached hydrogen (secondary N) is 1. The molecule has 1 saturated carbocycles. The lowest BCUT2D eigenvalue weighted by atomic mass is 10.2. The lowest BCUT2D eigenvalue weighted by molar-refractivity contribution is 0.101. The molecule has 0 atom stereocenters. The first kappa shape index (κ1) is 13.9. The van der Waals surface area contributed by atoms with Gasteiger partial charge >= 0.3 is 0 Å². The Balaban J connectivity index is 1.61. The maximum atomic E-state index is 12.4. The predicted molar refractivity (Wildman–Crippen MR) is 83.2 cm³/mol. The molecule has 1 aliphatic carbocycles. The zero-order valence-corrected chi connectivity index (χ0v) is 12.8. The summed E-state index contributed by atoms with van der Waals surface area (Å²) in [6.45, 7) is 1.92. The van der Waals surface area contributed by atoms with Crippen LogP contribution >= 0.6 is 0 Å². The third-order valence-electron chi connectivity index (χ3n) is 4.09. The minimum Gasteiger partial charge on any atom is -0.304 e. The second-order valence-corrected chi connectivity index (χ2v) is 5.81. The smallest absolute Gasteiger partial charge is 0.296 e. The number of hydrogen-bond donors (Lipinski definition) is 1. The molecular formula is C15H17N7O. The fourth-order valence-corrected chi connectivity index (χ4v) is 3.04. The van der Waals surface area contributed by atoms with Crippen LogP contribution in [0.1, 0.15) is 48.0 Å². The molecule has 0 radical (unpaired) electrons. The zero-order chi connectivity index (χ0) is 15.8. The number of carbonyl (C=O) groups excluding carboxylic acids is 1. The number of fused-ring (bicyclic) bond motifs is 1. The Kier molecular flexibility index (Phi) is 3.29. The molecule has 0 bridgehead atoms. The second-order valence-electron chi connectivity index (χ2n) is 5.81. The third-order valence-corrected chi connectivity index (χ3v) is 4.09. The maximum Gasteiger partial charge on any atom is 0.296 e. The molecule has 0 spiro atoms. The molecule has 1 amide bonds. The molecule has 3 aromatic heterocycles. The number of rotatable bonds is 3. The van der Waals surface area contributed by atoms with Crippen molar-refractivity contribution >= 4 is 17.5 Å². The van der Waals surface area contributed by atoms with Crippen LogP contribution in [-0.4, -0.2) is 35.3 Å². The van der Waals surface area contributed by atoms with Gasteiger partial charge in [-0.2, -0.15) is 10.1 Å². The van der Waals surface area contributed by atoms with Crippen molar-refractivity contribution in [1.82, 2.24) is 29.4 Å². The molecule has 3 aromatic rings. The molecule has 0 unspecified atom stereocenters. The van der Waals surface area contributed by atoms with Crippen molar-refractivity contribution in [2.75, 3.05) is 5.32 Å². The Labute approximate surface area is 132 Å². The van der Waals surface area contributed by atoms with E-state index >= 15 is 0 Å². The fourth-order valence-electron chi connectivity index (χ4n) is 3.04. The van der Waals surface area contributed by atoms with Crippen molar-refractivity contribution in [3.05, 3.63) is 36.0 Å². The van der Waals surface area contributed by atoms with E-state index in [0.717, 1.165) is 18.5 Å². The van der Waals surface area contributed by atoms with Gasteiger partial charge in [-0.1, -0.05) is 12.8 Å². The van der Waals surface area contributed by atoms with Gasteiger partial charge in [-0.25, -0.2) is 14.2 Å². The number of aromatic nitrogens is 6. The first-order valence-electron chi connectivity index (χ1n) is 7.75. The van der Waals surface area contributed by atoms with E-state index in [1.165, 1.54) is 17.4 Å². The Morgan fingerprint density at radius 1 is 1.30 bits per heavy atom. The Bertz CT molecular complexity index is 827. The van der Waals surface area contributed by atoms with Gasteiger partial charge in [0.15, 0.2) is 0 Å². The quantitative estimate of drug-likeness (QED) is 0.799. The lowest BCUT2D eigenvalue weighted by Gasteiger charge is -2.13. The summed E-state index contributed by atoms with van der Waals surface area (Å²) in [4.78, 5) is 20.7. The molecule has 0 aliphatic heterocycles. The van der Waals surface area contributed by atoms with E-state index in [0.29, 0.717) is 17.6 Å². The van der Waals surface area contributed by atoms with Crippen molar-refractivity contribution < 1.29 is 4.79 Å². The average Bonchev–Trinajstić information content (AvgIpc) is 3.25. The van der Waals surface area contributed by atoms with Crippen molar-refractivity contribution in [3.8, 4) is 0 Å². The minimum atomic E-state index is -0.352. The standard InChI is InChI=1S/C15H17N7O/c1-10-9-12(22(19-10)11-5-2-3-6-11)17-14(23)13-18-15-16-7-4-8-21(15)20-13/h4,7-9,11H,2-3,5-6H2,1H3,(H,17,23). The Morgan fingerprint density at radius 2 is 2.13 bits per heavy atom. The summed E-state index contributed by atoms with van der Waals surface area (Å²) in [5, 5.41) is 11.6. The first-order chi connectivity index (χ1) is 11.2. The molecule has 1 fully saturated rings. The molecule has 0 aromatic carbocycles. The highest BCUT2D eigenvalue weighted by molar-refractivity contribution is 6.01. The van der Waals surface area contributed by atoms with Crippen molar-refractivity contribution in [1.29, 1.82) is 0 Å². The number of amides is 1. The van der Waals surface area contributed by atoms with Gasteiger partial charge in [0.1, 0.15) is 5.82 Å². The molecule has 1 N–H and O–H groups in total. The molecular weight excluding hydrogens is 294 g/mol. The highest BCUT2D eigenvalue weighted by Crippen LogP contribution is 2.31. The molecule has 23 heavy (non-hydrogen) atoms. The van der Waals surface area contributed by atoms with E-state index in [2.05, 4.69) is 25.5 Å². The summed E-state index contributed by atoms with van der Waals surface area (Å²) in [7, 11) is 0. The van der Waals surface area contributed by atoms with Gasteiger partial charge in [0.05, 0.1) is 11.7 Å². The van der Waals surface area contributed by atoms with Crippen LogP contribution in [-0.2, 0) is 0 Å². The summed E-state index contributed by atoms with van der Waals surface area (Å²) in [5.41, 5.74) is 0.886. The number of anilines is 1. The van der Waals surface area contributed by atoms with Crippen LogP contribution in [0.15, 0.2) is 24.5 Å². The van der Waals surface area contributed by atoms with E-state index in [-0.39, 0.29) is 11.7 Å². The monoisotopic (exact) mass is 311 g/mol. The maximum absolute atomic E-state index is 12.4. The molecule has 8 heteroatoms. The SMILES string of the molecule is Cc1cc(NC(=O)c2nc3ncccn3n2)n(C2CCCC2)n1. The van der Waals surface area contributed by atoms with Gasteiger partial charge < -0.3 is 5.32 Å². The van der Waals surface area contributed by atoms with Gasteiger partial charge in [0.25, 0.3) is 11.7 Å². The number of nitrogens with zero attached hydrogens (tertiary/aromatic N) is 6. The third kappa shape index (κ3) is 2.56. The summed E-state index contributed by atoms with van der Waals surface area (Å²) in [5.74, 6) is 0.847. The highest BCUT2D eigenvalue weighted by atomic mass is 16.2. The van der Waals surface area contributed by atoms with Crippen LogP contribution in [0.5, 0.6) is 0 Å². The lowest BCUT2D eigenvalue weighted by Crippen LogP contribution is -2.18. The molecule has 8 nitrogen and oxygen atoms in total. The first-order valence-corrected chi connectivity index (χ1v) is 7.75. The number of carbonyl (C=O) groups is 1. The predicted octanol–water partition coefficient (Wildman–Crippen LogP) is 2.00. The van der Waals surface area contributed by atoms with E-state index in [1.807, 2.05) is 17.7 Å². The van der Waals surface area contributed by atoms with Gasteiger partial charge in [-0.15, -0.1) is 5.10 Å². The van der Waals surface area contributed by atoms with Gasteiger partial charge in [-0.3, -0.25) is 4.79 Å². The average molecular weight is 311 g/mol. The Hall–Kier alpha value is -2.77. The van der Waals surface area contributed by atoms with Crippen LogP contribution in [0, 0.1) is 6.92 Å². The van der Waals surface area contributed by atoms with E-state index < -0.39 is 0 Å². The topological polar surface area (TPSA) is 90.0 Å². The van der Waals surface area contributed by atoms with Crippen LogP contribution in [0.3, 0.4) is 0 Å². The van der Waals surface area contributed by atoms with E-state index in [1.54, 1.807) is 18.5 Å². The summed E-state index contributed by atoms with van der Waals surface area (Å²) in [6, 6.07) is 3.97. The van der Waals surface area contributed by atoms with Crippen LogP contribution < -0.4 is 5.32 Å². The van der Waals surface area contributed by atoms with Crippen molar-refractivity contribution in [2.45, 2.75) is 38.6 Å². The van der Waals surface area contributed by atoms with E-state index in [9.17, 15) is 4.79 Å². The number of aryl methyl sites for hydroxylation is 1. The van der Waals surface area contributed by atoms with Gasteiger partial charge in [-0.05, 0) is 25.8 Å². The van der Waals surface area contributed by atoms with Crippen LogP contribution in [0.4, 0.5) is 5.82 Å². The zero-order valence-electron chi connectivity index (χ0n) is 12.8. The second kappa shape index (κ2) is 5.45. The fraction of sp³-hybridized carbons (Fsp3) is 0.400. The summed E-state index contributed by atoms with van der Waals surface area (Å²) in [6.07, 6.45) is 7.93. The van der Waals surface area contributed by atoms with Crippen LogP contribution in [0.2, 0.25) is 0 Å². The molecule has 4 rings (SSSR count). The van der Waals surface area contributed by atoms with Gasteiger partial charge in [0, 0.05) is 18.5 Å². The van der Waals surface area contributed by atoms with Crippen molar-refractivity contribution in [3.63, 3.8) is 0 Å². The molecule has 118 valence electrons. The van der Waals surface area contributed by atoms with Gasteiger partial charge in [0.2, 0.25) is 5.82 Å². The molecule has 0 saturated heterocycles.